The van der Waals surface area contributed by atoms with Crippen molar-refractivity contribution in [1.29, 1.82) is 0 Å². The highest BCUT2D eigenvalue weighted by atomic mass is 19.2. The zero-order valence-electron chi connectivity index (χ0n) is 8.06. The van der Waals surface area contributed by atoms with Crippen LogP contribution in [0.5, 0.6) is 0 Å². The number of nitrogens with one attached hydrogen (secondary N) is 1. The Labute approximate surface area is 82.1 Å². The van der Waals surface area contributed by atoms with Gasteiger partial charge in [0.15, 0.2) is 11.6 Å². The maximum Gasteiger partial charge on any atom is 0.159 e. The van der Waals surface area contributed by atoms with E-state index >= 15 is 0 Å². The molecule has 0 bridgehead atoms. The molecule has 0 radical (unpaired) electrons. The lowest BCUT2D eigenvalue weighted by Crippen LogP contribution is -2.35. The number of benzene rings is 1. The van der Waals surface area contributed by atoms with Crippen molar-refractivity contribution < 1.29 is 8.78 Å². The highest BCUT2D eigenvalue weighted by Crippen LogP contribution is 2.10. The SMILES string of the molecule is CNC(CN)Cc1ccc(F)c(F)c1. The van der Waals surface area contributed by atoms with Crippen molar-refractivity contribution in [3.8, 4) is 0 Å². The minimum atomic E-state index is -0.817. The molecule has 1 unspecified atom stereocenters. The van der Waals surface area contributed by atoms with E-state index in [0.29, 0.717) is 13.0 Å². The number of nitrogens with two attached hydrogens (primary N) is 1. The van der Waals surface area contributed by atoms with Gasteiger partial charge in [0.2, 0.25) is 0 Å². The van der Waals surface area contributed by atoms with E-state index in [0.717, 1.165) is 11.6 Å². The fourth-order valence-electron chi connectivity index (χ4n) is 1.25. The average Bonchev–Trinajstić information content (AvgIpc) is 2.19. The molecule has 2 nitrogen and oxygen atoms in total. The molecule has 0 saturated heterocycles. The van der Waals surface area contributed by atoms with Gasteiger partial charge >= 0.3 is 0 Å². The van der Waals surface area contributed by atoms with Crippen LogP contribution in [-0.4, -0.2) is 19.6 Å². The number of halogens is 2. The quantitative estimate of drug-likeness (QED) is 0.762. The number of hydrogen-bond donors (Lipinski definition) is 2. The summed E-state index contributed by atoms with van der Waals surface area (Å²) in [5.41, 5.74) is 6.21. The lowest BCUT2D eigenvalue weighted by Gasteiger charge is -2.13. The van der Waals surface area contributed by atoms with Gasteiger partial charge in [0.25, 0.3) is 0 Å². The second-order valence-electron chi connectivity index (χ2n) is 3.17. The third-order valence-electron chi connectivity index (χ3n) is 2.16. The van der Waals surface area contributed by atoms with Gasteiger partial charge in [-0.05, 0) is 31.2 Å². The first kappa shape index (κ1) is 11.1. The third-order valence-corrected chi connectivity index (χ3v) is 2.16. The summed E-state index contributed by atoms with van der Waals surface area (Å²) in [7, 11) is 1.79. The highest BCUT2D eigenvalue weighted by Gasteiger charge is 2.07. The molecular formula is C10H14F2N2. The van der Waals surface area contributed by atoms with E-state index in [2.05, 4.69) is 5.32 Å². The third kappa shape index (κ3) is 2.75. The summed E-state index contributed by atoms with van der Waals surface area (Å²) in [5, 5.41) is 2.99. The van der Waals surface area contributed by atoms with Gasteiger partial charge in [-0.1, -0.05) is 6.07 Å². The van der Waals surface area contributed by atoms with Gasteiger partial charge in [0.05, 0.1) is 0 Å². The van der Waals surface area contributed by atoms with Crippen molar-refractivity contribution in [1.82, 2.24) is 5.32 Å². The zero-order chi connectivity index (χ0) is 10.6. The molecule has 1 aromatic rings. The number of hydrogen-bond acceptors (Lipinski definition) is 2. The summed E-state index contributed by atoms with van der Waals surface area (Å²) in [6, 6.07) is 4.00. The first-order valence-corrected chi connectivity index (χ1v) is 4.48. The molecule has 0 aromatic heterocycles. The van der Waals surface area contributed by atoms with Crippen LogP contribution in [0.25, 0.3) is 0 Å². The molecule has 3 N–H and O–H groups in total. The first-order chi connectivity index (χ1) is 6.67. The van der Waals surface area contributed by atoms with Gasteiger partial charge in [0, 0.05) is 12.6 Å². The molecule has 1 aromatic carbocycles. The fourth-order valence-corrected chi connectivity index (χ4v) is 1.25. The van der Waals surface area contributed by atoms with Crippen molar-refractivity contribution in [2.24, 2.45) is 5.73 Å². The molecule has 14 heavy (non-hydrogen) atoms. The van der Waals surface area contributed by atoms with Crippen molar-refractivity contribution in [2.75, 3.05) is 13.6 Å². The van der Waals surface area contributed by atoms with Crippen LogP contribution in [-0.2, 0) is 6.42 Å². The smallest absolute Gasteiger partial charge is 0.159 e. The molecule has 0 aliphatic carbocycles. The van der Waals surface area contributed by atoms with Crippen molar-refractivity contribution in [2.45, 2.75) is 12.5 Å². The van der Waals surface area contributed by atoms with Gasteiger partial charge in [-0.15, -0.1) is 0 Å². The molecule has 4 heteroatoms. The molecule has 0 fully saturated rings. The van der Waals surface area contributed by atoms with Crippen LogP contribution < -0.4 is 11.1 Å². The van der Waals surface area contributed by atoms with Gasteiger partial charge in [-0.2, -0.15) is 0 Å². The summed E-state index contributed by atoms with van der Waals surface area (Å²) in [4.78, 5) is 0. The predicted molar refractivity (Wildman–Crippen MR) is 52.0 cm³/mol. The van der Waals surface area contributed by atoms with E-state index in [1.165, 1.54) is 6.07 Å². The molecule has 0 saturated carbocycles. The zero-order valence-corrected chi connectivity index (χ0v) is 8.06. The molecule has 0 aliphatic rings. The minimum Gasteiger partial charge on any atom is -0.329 e. The first-order valence-electron chi connectivity index (χ1n) is 4.48. The van der Waals surface area contributed by atoms with E-state index in [1.54, 1.807) is 13.1 Å². The Hall–Kier alpha value is -1.00. The summed E-state index contributed by atoms with van der Waals surface area (Å²) in [5.74, 6) is -1.63. The van der Waals surface area contributed by atoms with Crippen LogP contribution in [0.2, 0.25) is 0 Å². The van der Waals surface area contributed by atoms with Gasteiger partial charge in [-0.25, -0.2) is 8.78 Å². The molecule has 1 atom stereocenters. The van der Waals surface area contributed by atoms with Gasteiger partial charge in [-0.3, -0.25) is 0 Å². The van der Waals surface area contributed by atoms with E-state index in [9.17, 15) is 8.78 Å². The number of rotatable bonds is 4. The Morgan fingerprint density at radius 3 is 2.57 bits per heavy atom. The molecular weight excluding hydrogens is 186 g/mol. The summed E-state index contributed by atoms with van der Waals surface area (Å²) < 4.78 is 25.4. The summed E-state index contributed by atoms with van der Waals surface area (Å²) in [6.07, 6.45) is 0.601. The molecule has 0 heterocycles. The molecule has 78 valence electrons. The molecule has 0 spiro atoms. The Kier molecular flexibility index (Phi) is 3.98. The number of likely N-dealkylation sites (N-methyl/N-ethyl adjacent to an activating group) is 1. The Bertz CT molecular complexity index is 298. The largest absolute Gasteiger partial charge is 0.329 e. The van der Waals surface area contributed by atoms with Crippen LogP contribution in [0.1, 0.15) is 5.56 Å². The second-order valence-corrected chi connectivity index (χ2v) is 3.17. The van der Waals surface area contributed by atoms with Crippen molar-refractivity contribution >= 4 is 0 Å². The fraction of sp³-hybridized carbons (Fsp3) is 0.400. The average molecular weight is 200 g/mol. The lowest BCUT2D eigenvalue weighted by molar-refractivity contribution is 0.504. The van der Waals surface area contributed by atoms with E-state index < -0.39 is 11.6 Å². The lowest BCUT2D eigenvalue weighted by atomic mass is 10.1. The maximum atomic E-state index is 12.8. The molecule has 0 aliphatic heterocycles. The van der Waals surface area contributed by atoms with Crippen LogP contribution in [0, 0.1) is 11.6 Å². The molecule has 1 rings (SSSR count). The van der Waals surface area contributed by atoms with E-state index in [1.807, 2.05) is 0 Å². The maximum absolute atomic E-state index is 12.8. The standard InChI is InChI=1S/C10H14F2N2/c1-14-8(6-13)4-7-2-3-9(11)10(12)5-7/h2-3,5,8,14H,4,6,13H2,1H3. The van der Waals surface area contributed by atoms with E-state index in [-0.39, 0.29) is 6.04 Å². The van der Waals surface area contributed by atoms with Crippen LogP contribution >= 0.6 is 0 Å². The van der Waals surface area contributed by atoms with Crippen LogP contribution in [0.15, 0.2) is 18.2 Å². The summed E-state index contributed by atoms with van der Waals surface area (Å²) >= 11 is 0. The minimum absolute atomic E-state index is 0.0971. The Morgan fingerprint density at radius 1 is 1.36 bits per heavy atom. The van der Waals surface area contributed by atoms with Crippen molar-refractivity contribution in [3.63, 3.8) is 0 Å². The van der Waals surface area contributed by atoms with Crippen LogP contribution in [0.4, 0.5) is 8.78 Å². The highest BCUT2D eigenvalue weighted by molar-refractivity contribution is 5.18. The second kappa shape index (κ2) is 5.02. The van der Waals surface area contributed by atoms with Crippen LogP contribution in [0.3, 0.4) is 0 Å². The summed E-state index contributed by atoms with van der Waals surface area (Å²) in [6.45, 7) is 0.468. The topological polar surface area (TPSA) is 38.0 Å². The normalized spacial score (nSPS) is 12.9. The Balaban J connectivity index is 2.72. The van der Waals surface area contributed by atoms with E-state index in [4.69, 9.17) is 5.73 Å². The van der Waals surface area contributed by atoms with Gasteiger partial charge in [0.1, 0.15) is 0 Å². The Morgan fingerprint density at radius 2 is 2.07 bits per heavy atom. The predicted octanol–water partition coefficient (Wildman–Crippen LogP) is 1.05. The van der Waals surface area contributed by atoms with Crippen molar-refractivity contribution in [3.05, 3.63) is 35.4 Å². The van der Waals surface area contributed by atoms with Gasteiger partial charge < -0.3 is 11.1 Å². The monoisotopic (exact) mass is 200 g/mol. The molecule has 0 amide bonds.